The van der Waals surface area contributed by atoms with Gasteiger partial charge < -0.3 is 20.3 Å². The number of nitrogens with zero attached hydrogens (tertiary/aromatic N) is 1. The summed E-state index contributed by atoms with van der Waals surface area (Å²) in [6.07, 6.45) is 3.71. The van der Waals surface area contributed by atoms with Crippen LogP contribution in [0.4, 0.5) is 5.69 Å². The van der Waals surface area contributed by atoms with E-state index in [0.717, 1.165) is 25.9 Å². The number of likely N-dealkylation sites (tertiary alicyclic amines) is 1. The number of hydrogen-bond acceptors (Lipinski definition) is 4. The Hall–Kier alpha value is -1.63. The minimum absolute atomic E-state index is 0. The van der Waals surface area contributed by atoms with E-state index < -0.39 is 0 Å². The Morgan fingerprint density at radius 1 is 1.27 bits per heavy atom. The third-order valence-corrected chi connectivity index (χ3v) is 4.91. The monoisotopic (exact) mass is 381 g/mol. The highest BCUT2D eigenvalue weighted by molar-refractivity contribution is 5.96. The van der Waals surface area contributed by atoms with Gasteiger partial charge in [-0.2, -0.15) is 0 Å². The molecule has 144 valence electrons. The number of ether oxygens (including phenoxy) is 1. The average Bonchev–Trinajstić information content (AvgIpc) is 2.63. The predicted molar refractivity (Wildman–Crippen MR) is 104 cm³/mol. The molecule has 0 aromatic heterocycles. The van der Waals surface area contributed by atoms with Crippen molar-refractivity contribution < 1.29 is 14.3 Å². The van der Waals surface area contributed by atoms with Crippen LogP contribution < -0.4 is 10.6 Å². The van der Waals surface area contributed by atoms with E-state index in [0.29, 0.717) is 36.9 Å². The van der Waals surface area contributed by atoms with Crippen LogP contribution in [0.5, 0.6) is 0 Å². The highest BCUT2D eigenvalue weighted by atomic mass is 35.5. The molecule has 2 saturated heterocycles. The molecule has 2 heterocycles. The van der Waals surface area contributed by atoms with Crippen LogP contribution in [0.1, 0.15) is 43.0 Å². The van der Waals surface area contributed by atoms with Gasteiger partial charge in [0.1, 0.15) is 0 Å². The fourth-order valence-corrected chi connectivity index (χ4v) is 3.45. The molecule has 0 aliphatic carbocycles. The number of amides is 2. The van der Waals surface area contributed by atoms with E-state index in [-0.39, 0.29) is 30.3 Å². The van der Waals surface area contributed by atoms with Crippen LogP contribution in [-0.2, 0) is 9.53 Å². The van der Waals surface area contributed by atoms with E-state index in [1.54, 1.807) is 24.3 Å². The molecule has 2 atom stereocenters. The summed E-state index contributed by atoms with van der Waals surface area (Å²) in [5.41, 5.74) is 1.39. The quantitative estimate of drug-likeness (QED) is 0.840. The van der Waals surface area contributed by atoms with Crippen molar-refractivity contribution >= 4 is 29.9 Å². The van der Waals surface area contributed by atoms with Crippen LogP contribution in [0, 0.1) is 0 Å². The number of halogens is 1. The van der Waals surface area contributed by atoms with Crippen LogP contribution in [0.2, 0.25) is 0 Å². The van der Waals surface area contributed by atoms with E-state index in [4.69, 9.17) is 4.74 Å². The third kappa shape index (κ3) is 5.43. The molecule has 2 amide bonds. The topological polar surface area (TPSA) is 70.7 Å². The summed E-state index contributed by atoms with van der Waals surface area (Å²) in [5.74, 6) is 0.0281. The summed E-state index contributed by atoms with van der Waals surface area (Å²) in [5, 5.41) is 6.15. The molecule has 2 aliphatic heterocycles. The second-order valence-electron chi connectivity index (χ2n) is 6.90. The minimum Gasteiger partial charge on any atom is -0.378 e. The van der Waals surface area contributed by atoms with E-state index >= 15 is 0 Å². The molecule has 0 radical (unpaired) electrons. The number of carbonyl (C=O) groups excluding carboxylic acids is 2. The Labute approximate surface area is 161 Å². The fourth-order valence-electron chi connectivity index (χ4n) is 3.45. The van der Waals surface area contributed by atoms with Crippen LogP contribution in [0.15, 0.2) is 24.3 Å². The van der Waals surface area contributed by atoms with Gasteiger partial charge in [-0.3, -0.25) is 9.59 Å². The highest BCUT2D eigenvalue weighted by Gasteiger charge is 2.24. The zero-order valence-corrected chi connectivity index (χ0v) is 16.0. The lowest BCUT2D eigenvalue weighted by molar-refractivity contribution is -0.117. The molecule has 3 rings (SSSR count). The van der Waals surface area contributed by atoms with Crippen molar-refractivity contribution in [3.05, 3.63) is 29.8 Å². The largest absolute Gasteiger partial charge is 0.378 e. The smallest absolute Gasteiger partial charge is 0.254 e. The lowest BCUT2D eigenvalue weighted by atomic mass is 10.0. The molecule has 2 aliphatic rings. The Morgan fingerprint density at radius 3 is 2.69 bits per heavy atom. The highest BCUT2D eigenvalue weighted by Crippen LogP contribution is 2.20. The van der Waals surface area contributed by atoms with Gasteiger partial charge in [0.15, 0.2) is 0 Å². The summed E-state index contributed by atoms with van der Waals surface area (Å²) in [4.78, 5) is 26.7. The summed E-state index contributed by atoms with van der Waals surface area (Å²) < 4.78 is 5.36. The van der Waals surface area contributed by atoms with Gasteiger partial charge in [-0.15, -0.1) is 12.4 Å². The Balaban J connectivity index is 0.00000243. The second kappa shape index (κ2) is 9.90. The fraction of sp³-hybridized carbons (Fsp3) is 0.579. The Morgan fingerprint density at radius 2 is 2.04 bits per heavy atom. The molecule has 6 nitrogen and oxygen atoms in total. The Bertz CT molecular complexity index is 603. The average molecular weight is 382 g/mol. The first kappa shape index (κ1) is 20.7. The van der Waals surface area contributed by atoms with Gasteiger partial charge in [-0.25, -0.2) is 0 Å². The minimum atomic E-state index is -0.0493. The molecule has 26 heavy (non-hydrogen) atoms. The van der Waals surface area contributed by atoms with Gasteiger partial charge in [-0.05, 0) is 50.5 Å². The number of hydrogen-bond donors (Lipinski definition) is 2. The molecule has 0 spiro atoms. The molecule has 1 aromatic carbocycles. The summed E-state index contributed by atoms with van der Waals surface area (Å²) in [7, 11) is 0. The van der Waals surface area contributed by atoms with Gasteiger partial charge in [0, 0.05) is 42.8 Å². The van der Waals surface area contributed by atoms with Gasteiger partial charge >= 0.3 is 0 Å². The van der Waals surface area contributed by atoms with Gasteiger partial charge in [0.05, 0.1) is 13.2 Å². The maximum absolute atomic E-state index is 12.6. The molecule has 2 fully saturated rings. The van der Waals surface area contributed by atoms with Gasteiger partial charge in [-0.1, -0.05) is 0 Å². The van der Waals surface area contributed by atoms with Crippen molar-refractivity contribution in [3.63, 3.8) is 0 Å². The number of morpholine rings is 1. The zero-order chi connectivity index (χ0) is 17.6. The van der Waals surface area contributed by atoms with Crippen LogP contribution in [0.25, 0.3) is 0 Å². The number of nitrogens with one attached hydrogen (secondary N) is 2. The number of benzene rings is 1. The molecule has 2 N–H and O–H groups in total. The first-order chi connectivity index (χ1) is 12.1. The predicted octanol–water partition coefficient (Wildman–Crippen LogP) is 2.44. The number of piperidine rings is 1. The summed E-state index contributed by atoms with van der Waals surface area (Å²) in [6, 6.07) is 7.54. The maximum atomic E-state index is 12.6. The molecule has 0 bridgehead atoms. The van der Waals surface area contributed by atoms with Crippen molar-refractivity contribution in [1.82, 2.24) is 10.2 Å². The first-order valence-corrected chi connectivity index (χ1v) is 9.15. The second-order valence-corrected chi connectivity index (χ2v) is 6.90. The normalized spacial score (nSPS) is 23.0. The number of anilines is 1. The number of carbonyl (C=O) groups is 2. The van der Waals surface area contributed by atoms with Crippen molar-refractivity contribution in [1.29, 1.82) is 0 Å². The molecule has 7 heteroatoms. The maximum Gasteiger partial charge on any atom is 0.254 e. The SMILES string of the molecule is CC1CCCCN1C(=O)c1ccc(NC(=O)CC2COCCN2)cc1.Cl. The van der Waals surface area contributed by atoms with Crippen molar-refractivity contribution in [2.45, 2.75) is 44.7 Å². The molecule has 0 saturated carbocycles. The van der Waals surface area contributed by atoms with E-state index in [9.17, 15) is 9.59 Å². The molecular formula is C19H28ClN3O3. The van der Waals surface area contributed by atoms with Crippen molar-refractivity contribution in [3.8, 4) is 0 Å². The van der Waals surface area contributed by atoms with E-state index in [2.05, 4.69) is 17.6 Å². The third-order valence-electron chi connectivity index (χ3n) is 4.91. The van der Waals surface area contributed by atoms with Crippen LogP contribution in [0.3, 0.4) is 0 Å². The van der Waals surface area contributed by atoms with Crippen LogP contribution in [-0.4, -0.2) is 55.1 Å². The molecule has 2 unspecified atom stereocenters. The van der Waals surface area contributed by atoms with Gasteiger partial charge in [0.25, 0.3) is 5.91 Å². The number of rotatable bonds is 4. The summed E-state index contributed by atoms with van der Waals surface area (Å²) >= 11 is 0. The van der Waals surface area contributed by atoms with E-state index in [1.807, 2.05) is 4.90 Å². The Kier molecular flexibility index (Phi) is 7.87. The van der Waals surface area contributed by atoms with Gasteiger partial charge in [0.2, 0.25) is 5.91 Å². The lowest BCUT2D eigenvalue weighted by Gasteiger charge is -2.33. The standard InChI is InChI=1S/C19H27N3O3.ClH/c1-14-4-2-3-10-22(14)19(24)15-5-7-16(8-6-15)21-18(23)12-17-13-25-11-9-20-17;/h5-8,14,17,20H,2-4,9-13H2,1H3,(H,21,23);1H. The van der Waals surface area contributed by atoms with Crippen molar-refractivity contribution in [2.75, 3.05) is 31.6 Å². The molecular weight excluding hydrogens is 354 g/mol. The van der Waals surface area contributed by atoms with Crippen molar-refractivity contribution in [2.24, 2.45) is 0 Å². The lowest BCUT2D eigenvalue weighted by Crippen LogP contribution is -2.43. The first-order valence-electron chi connectivity index (χ1n) is 9.15. The van der Waals surface area contributed by atoms with E-state index in [1.165, 1.54) is 6.42 Å². The molecule has 1 aromatic rings. The van der Waals surface area contributed by atoms with Crippen LogP contribution >= 0.6 is 12.4 Å². The summed E-state index contributed by atoms with van der Waals surface area (Å²) in [6.45, 7) is 4.98. The zero-order valence-electron chi connectivity index (χ0n) is 15.2.